The zero-order valence-corrected chi connectivity index (χ0v) is 11.9. The molecular formula is C17H18FNO2. The standard InChI is InChI=1S/C17H18FNO2/c1-2-11-19(12-13-7-9-14(18)10-8-13)17(21)15-5-3-4-6-16(15)20/h3-10,20H,2,11-12H2,1H3. The Bertz CT molecular complexity index is 610. The fourth-order valence-corrected chi connectivity index (χ4v) is 2.16. The molecule has 0 aliphatic heterocycles. The molecule has 1 amide bonds. The van der Waals surface area contributed by atoms with E-state index in [0.29, 0.717) is 13.1 Å². The van der Waals surface area contributed by atoms with E-state index in [9.17, 15) is 14.3 Å². The highest BCUT2D eigenvalue weighted by Gasteiger charge is 2.18. The summed E-state index contributed by atoms with van der Waals surface area (Å²) in [5.74, 6) is -0.546. The molecular weight excluding hydrogens is 269 g/mol. The summed E-state index contributed by atoms with van der Waals surface area (Å²) in [5.41, 5.74) is 1.14. The van der Waals surface area contributed by atoms with E-state index in [0.717, 1.165) is 12.0 Å². The third-order valence-electron chi connectivity index (χ3n) is 3.20. The van der Waals surface area contributed by atoms with Gasteiger partial charge in [0.05, 0.1) is 5.56 Å². The van der Waals surface area contributed by atoms with Crippen LogP contribution in [0.15, 0.2) is 48.5 Å². The summed E-state index contributed by atoms with van der Waals surface area (Å²) in [4.78, 5) is 14.2. The maximum atomic E-state index is 12.9. The minimum atomic E-state index is -0.298. The lowest BCUT2D eigenvalue weighted by Crippen LogP contribution is -2.31. The number of hydrogen-bond acceptors (Lipinski definition) is 2. The van der Waals surface area contributed by atoms with Crippen LogP contribution < -0.4 is 0 Å². The van der Waals surface area contributed by atoms with Crippen molar-refractivity contribution in [1.29, 1.82) is 0 Å². The summed E-state index contributed by atoms with van der Waals surface area (Å²) in [6, 6.07) is 12.6. The van der Waals surface area contributed by atoms with E-state index >= 15 is 0 Å². The summed E-state index contributed by atoms with van der Waals surface area (Å²) < 4.78 is 12.9. The largest absolute Gasteiger partial charge is 0.507 e. The summed E-state index contributed by atoms with van der Waals surface area (Å²) in [7, 11) is 0. The number of phenolic OH excluding ortho intramolecular Hbond substituents is 1. The van der Waals surface area contributed by atoms with Gasteiger partial charge in [-0.2, -0.15) is 0 Å². The highest BCUT2D eigenvalue weighted by atomic mass is 19.1. The van der Waals surface area contributed by atoms with Crippen molar-refractivity contribution in [2.75, 3.05) is 6.54 Å². The second-order valence-corrected chi connectivity index (χ2v) is 4.87. The van der Waals surface area contributed by atoms with Gasteiger partial charge in [-0.15, -0.1) is 0 Å². The van der Waals surface area contributed by atoms with E-state index in [1.807, 2.05) is 6.92 Å². The molecule has 0 saturated heterocycles. The number of carbonyl (C=O) groups excluding carboxylic acids is 1. The van der Waals surface area contributed by atoms with Gasteiger partial charge in [0.1, 0.15) is 11.6 Å². The minimum absolute atomic E-state index is 0.0253. The second-order valence-electron chi connectivity index (χ2n) is 4.87. The molecule has 2 aromatic carbocycles. The third kappa shape index (κ3) is 3.81. The summed E-state index contributed by atoms with van der Waals surface area (Å²) in [6.45, 7) is 2.95. The minimum Gasteiger partial charge on any atom is -0.507 e. The molecule has 0 radical (unpaired) electrons. The number of carbonyl (C=O) groups is 1. The van der Waals surface area contributed by atoms with E-state index in [-0.39, 0.29) is 23.0 Å². The van der Waals surface area contributed by atoms with Gasteiger partial charge in [-0.25, -0.2) is 4.39 Å². The van der Waals surface area contributed by atoms with E-state index in [1.54, 1.807) is 35.2 Å². The molecule has 1 N–H and O–H groups in total. The van der Waals surface area contributed by atoms with Gasteiger partial charge >= 0.3 is 0 Å². The second kappa shape index (κ2) is 6.88. The van der Waals surface area contributed by atoms with Crippen molar-refractivity contribution in [2.45, 2.75) is 19.9 Å². The lowest BCUT2D eigenvalue weighted by atomic mass is 10.1. The predicted molar refractivity (Wildman–Crippen MR) is 79.5 cm³/mol. The number of amides is 1. The van der Waals surface area contributed by atoms with Crippen LogP contribution in [0.1, 0.15) is 29.3 Å². The fourth-order valence-electron chi connectivity index (χ4n) is 2.16. The first kappa shape index (κ1) is 15.0. The maximum Gasteiger partial charge on any atom is 0.257 e. The first-order chi connectivity index (χ1) is 10.1. The zero-order valence-electron chi connectivity index (χ0n) is 11.9. The number of phenols is 1. The van der Waals surface area contributed by atoms with Gasteiger partial charge in [-0.1, -0.05) is 31.2 Å². The van der Waals surface area contributed by atoms with Crippen molar-refractivity contribution in [3.63, 3.8) is 0 Å². The summed E-state index contributed by atoms with van der Waals surface area (Å²) in [6.07, 6.45) is 0.806. The lowest BCUT2D eigenvalue weighted by molar-refractivity contribution is 0.0740. The Morgan fingerprint density at radius 3 is 2.43 bits per heavy atom. The van der Waals surface area contributed by atoms with Crippen LogP contribution in [-0.4, -0.2) is 22.5 Å². The van der Waals surface area contributed by atoms with Gasteiger partial charge < -0.3 is 10.0 Å². The fraction of sp³-hybridized carbons (Fsp3) is 0.235. The van der Waals surface area contributed by atoms with Crippen LogP contribution in [0.3, 0.4) is 0 Å². The average molecular weight is 287 g/mol. The first-order valence-electron chi connectivity index (χ1n) is 6.93. The number of rotatable bonds is 5. The van der Waals surface area contributed by atoms with E-state index in [4.69, 9.17) is 0 Å². The van der Waals surface area contributed by atoms with E-state index < -0.39 is 0 Å². The number of nitrogens with zero attached hydrogens (tertiary/aromatic N) is 1. The monoisotopic (exact) mass is 287 g/mol. The van der Waals surface area contributed by atoms with Crippen molar-refractivity contribution in [3.05, 3.63) is 65.5 Å². The lowest BCUT2D eigenvalue weighted by Gasteiger charge is -2.22. The third-order valence-corrected chi connectivity index (χ3v) is 3.20. The SMILES string of the molecule is CCCN(Cc1ccc(F)cc1)C(=O)c1ccccc1O. The number of aromatic hydroxyl groups is 1. The Labute approximate surface area is 123 Å². The molecule has 2 rings (SSSR count). The number of hydrogen-bond donors (Lipinski definition) is 1. The highest BCUT2D eigenvalue weighted by Crippen LogP contribution is 2.19. The van der Waals surface area contributed by atoms with Crippen LogP contribution in [0, 0.1) is 5.82 Å². The molecule has 0 saturated carbocycles. The molecule has 0 aromatic heterocycles. The highest BCUT2D eigenvalue weighted by molar-refractivity contribution is 5.96. The molecule has 0 unspecified atom stereocenters. The van der Waals surface area contributed by atoms with Crippen molar-refractivity contribution >= 4 is 5.91 Å². The van der Waals surface area contributed by atoms with Gasteiger partial charge in [-0.05, 0) is 36.2 Å². The first-order valence-corrected chi connectivity index (χ1v) is 6.93. The van der Waals surface area contributed by atoms with Crippen molar-refractivity contribution in [2.24, 2.45) is 0 Å². The van der Waals surface area contributed by atoms with Crippen molar-refractivity contribution < 1.29 is 14.3 Å². The molecule has 2 aromatic rings. The molecule has 0 bridgehead atoms. The van der Waals surface area contributed by atoms with Crippen LogP contribution in [-0.2, 0) is 6.54 Å². The smallest absolute Gasteiger partial charge is 0.257 e. The van der Waals surface area contributed by atoms with Gasteiger partial charge in [0.2, 0.25) is 0 Å². The Hall–Kier alpha value is -2.36. The van der Waals surface area contributed by atoms with E-state index in [2.05, 4.69) is 0 Å². The molecule has 0 atom stereocenters. The molecule has 4 heteroatoms. The molecule has 3 nitrogen and oxygen atoms in total. The Morgan fingerprint density at radius 2 is 1.81 bits per heavy atom. The quantitative estimate of drug-likeness (QED) is 0.913. The van der Waals surface area contributed by atoms with Crippen LogP contribution in [0.5, 0.6) is 5.75 Å². The van der Waals surface area contributed by atoms with Crippen molar-refractivity contribution in [3.8, 4) is 5.75 Å². The molecule has 0 aliphatic carbocycles. The molecule has 0 heterocycles. The zero-order chi connectivity index (χ0) is 15.2. The topological polar surface area (TPSA) is 40.5 Å². The van der Waals surface area contributed by atoms with Gasteiger partial charge in [-0.3, -0.25) is 4.79 Å². The molecule has 110 valence electrons. The molecule has 0 spiro atoms. The number of halogens is 1. The van der Waals surface area contributed by atoms with Gasteiger partial charge in [0.15, 0.2) is 0 Å². The Morgan fingerprint density at radius 1 is 1.14 bits per heavy atom. The normalized spacial score (nSPS) is 10.4. The van der Waals surface area contributed by atoms with Crippen LogP contribution >= 0.6 is 0 Å². The number of benzene rings is 2. The van der Waals surface area contributed by atoms with Crippen LogP contribution in [0.4, 0.5) is 4.39 Å². The number of para-hydroxylation sites is 1. The molecule has 21 heavy (non-hydrogen) atoms. The van der Waals surface area contributed by atoms with Crippen LogP contribution in [0.25, 0.3) is 0 Å². The molecule has 0 fully saturated rings. The van der Waals surface area contributed by atoms with Gasteiger partial charge in [0.25, 0.3) is 5.91 Å². The summed E-state index contributed by atoms with van der Waals surface area (Å²) in [5, 5.41) is 9.80. The maximum absolute atomic E-state index is 12.9. The summed E-state index contributed by atoms with van der Waals surface area (Å²) >= 11 is 0. The average Bonchev–Trinajstić information content (AvgIpc) is 2.49. The predicted octanol–water partition coefficient (Wildman–Crippen LogP) is 3.58. The Kier molecular flexibility index (Phi) is 4.93. The van der Waals surface area contributed by atoms with Gasteiger partial charge in [0, 0.05) is 13.1 Å². The Balaban J connectivity index is 2.20. The molecule has 0 aliphatic rings. The van der Waals surface area contributed by atoms with Crippen molar-refractivity contribution in [1.82, 2.24) is 4.90 Å². The van der Waals surface area contributed by atoms with Crippen LogP contribution in [0.2, 0.25) is 0 Å². The van der Waals surface area contributed by atoms with E-state index in [1.165, 1.54) is 18.2 Å².